The molecule has 5 nitrogen and oxygen atoms in total. The van der Waals surface area contributed by atoms with Crippen molar-refractivity contribution in [3.8, 4) is 11.5 Å². The number of hydrogen-bond donors (Lipinski definition) is 1. The predicted octanol–water partition coefficient (Wildman–Crippen LogP) is 3.07. The average Bonchev–Trinajstić information content (AvgIpc) is 2.81. The number of ether oxygens (including phenoxy) is 1. The Hall–Kier alpha value is -1.82. The molecule has 0 saturated carbocycles. The zero-order valence-corrected chi connectivity index (χ0v) is 15.3. The fourth-order valence-electron chi connectivity index (χ4n) is 3.81. The molecular formula is C18H20BrNO4. The quantitative estimate of drug-likeness (QED) is 0.744. The van der Waals surface area contributed by atoms with Gasteiger partial charge in [-0.2, -0.15) is 0 Å². The van der Waals surface area contributed by atoms with Gasteiger partial charge in [0.25, 0.3) is 0 Å². The second-order valence-electron chi connectivity index (χ2n) is 6.04. The van der Waals surface area contributed by atoms with E-state index >= 15 is 0 Å². The van der Waals surface area contributed by atoms with Crippen LogP contribution in [0.15, 0.2) is 22.7 Å². The van der Waals surface area contributed by atoms with Crippen molar-refractivity contribution in [2.75, 3.05) is 6.54 Å². The summed E-state index contributed by atoms with van der Waals surface area (Å²) in [5, 5.41) is 10.3. The van der Waals surface area contributed by atoms with E-state index in [4.69, 9.17) is 4.74 Å². The first-order chi connectivity index (χ1) is 11.5. The van der Waals surface area contributed by atoms with E-state index in [1.54, 1.807) is 17.0 Å². The molecule has 128 valence electrons. The van der Waals surface area contributed by atoms with E-state index in [-0.39, 0.29) is 17.6 Å². The number of allylic oxidation sites excluding steroid dienone is 1. The van der Waals surface area contributed by atoms with E-state index in [0.717, 1.165) is 22.0 Å². The van der Waals surface area contributed by atoms with Gasteiger partial charge in [-0.1, -0.05) is 35.9 Å². The minimum atomic E-state index is -0.447. The molecule has 1 aliphatic carbocycles. The van der Waals surface area contributed by atoms with Crippen molar-refractivity contribution >= 4 is 28.1 Å². The van der Waals surface area contributed by atoms with Crippen molar-refractivity contribution in [3.05, 3.63) is 33.8 Å². The van der Waals surface area contributed by atoms with Crippen molar-refractivity contribution < 1.29 is 19.4 Å². The number of halogens is 1. The fraction of sp³-hybridized carbons (Fsp3) is 0.444. The van der Waals surface area contributed by atoms with Crippen molar-refractivity contribution in [1.82, 2.24) is 4.90 Å². The topological polar surface area (TPSA) is 66.8 Å². The molecule has 6 heteroatoms. The van der Waals surface area contributed by atoms with Gasteiger partial charge >= 0.3 is 0 Å². The molecule has 2 heterocycles. The van der Waals surface area contributed by atoms with Gasteiger partial charge in [0.2, 0.25) is 6.41 Å². The lowest BCUT2D eigenvalue weighted by molar-refractivity contribution is -0.119. The first kappa shape index (κ1) is 17.0. The number of ketones is 1. The standard InChI is InChI=1S/C16H14BrNO4.C2H6/c17-11-6-12(21)15-14-10(11)7-18(8-19)4-3-16(14)2-1-9(20)5-13(16)22-15;1-2/h1-2,6,8,13,21H,3-5,7H2;1-2H3. The summed E-state index contributed by atoms with van der Waals surface area (Å²) >= 11 is 3.49. The van der Waals surface area contributed by atoms with E-state index in [1.165, 1.54) is 0 Å². The Bertz CT molecular complexity index is 730. The third kappa shape index (κ3) is 2.35. The largest absolute Gasteiger partial charge is 0.504 e. The fourth-order valence-corrected chi connectivity index (χ4v) is 4.35. The first-order valence-electron chi connectivity index (χ1n) is 8.18. The number of carbonyl (C=O) groups excluding carboxylic acids is 2. The van der Waals surface area contributed by atoms with Crippen LogP contribution >= 0.6 is 15.9 Å². The number of benzene rings is 1. The summed E-state index contributed by atoms with van der Waals surface area (Å²) in [6.07, 6.45) is 5.01. The molecule has 2 aliphatic heterocycles. The molecule has 1 aromatic rings. The molecule has 0 fully saturated rings. The second-order valence-corrected chi connectivity index (χ2v) is 6.89. The summed E-state index contributed by atoms with van der Waals surface area (Å²) in [5.74, 6) is 0.551. The van der Waals surface area contributed by atoms with Gasteiger partial charge in [-0.15, -0.1) is 0 Å². The van der Waals surface area contributed by atoms with Crippen molar-refractivity contribution in [2.24, 2.45) is 0 Å². The normalized spacial score (nSPS) is 26.5. The molecule has 3 aliphatic rings. The highest BCUT2D eigenvalue weighted by molar-refractivity contribution is 9.10. The Balaban J connectivity index is 0.000000815. The van der Waals surface area contributed by atoms with Gasteiger partial charge in [0, 0.05) is 29.5 Å². The Morgan fingerprint density at radius 1 is 1.46 bits per heavy atom. The van der Waals surface area contributed by atoms with Gasteiger partial charge in [-0.25, -0.2) is 0 Å². The van der Waals surface area contributed by atoms with Gasteiger partial charge in [-0.05, 0) is 24.1 Å². The zero-order chi connectivity index (χ0) is 17.5. The van der Waals surface area contributed by atoms with Gasteiger partial charge < -0.3 is 14.7 Å². The lowest BCUT2D eigenvalue weighted by atomic mass is 9.69. The summed E-state index contributed by atoms with van der Waals surface area (Å²) in [6, 6.07) is 1.60. The van der Waals surface area contributed by atoms with Crippen LogP contribution in [0.4, 0.5) is 0 Å². The van der Waals surface area contributed by atoms with Crippen LogP contribution in [0.25, 0.3) is 0 Å². The highest BCUT2D eigenvalue weighted by atomic mass is 79.9. The van der Waals surface area contributed by atoms with E-state index in [1.807, 2.05) is 19.9 Å². The molecule has 1 aromatic carbocycles. The smallest absolute Gasteiger partial charge is 0.210 e. The summed E-state index contributed by atoms with van der Waals surface area (Å²) in [7, 11) is 0. The number of rotatable bonds is 1. The summed E-state index contributed by atoms with van der Waals surface area (Å²) < 4.78 is 6.71. The van der Waals surface area contributed by atoms with Gasteiger partial charge in [-0.3, -0.25) is 9.59 Å². The molecule has 2 unspecified atom stereocenters. The molecule has 0 saturated heterocycles. The van der Waals surface area contributed by atoms with Gasteiger partial charge in [0.15, 0.2) is 17.3 Å². The predicted molar refractivity (Wildman–Crippen MR) is 93.1 cm³/mol. The molecule has 0 bridgehead atoms. The highest BCUT2D eigenvalue weighted by Gasteiger charge is 2.53. The molecule has 2 atom stereocenters. The third-order valence-corrected chi connectivity index (χ3v) is 5.60. The summed E-state index contributed by atoms with van der Waals surface area (Å²) in [6.45, 7) is 5.05. The van der Waals surface area contributed by atoms with Crippen molar-refractivity contribution in [3.63, 3.8) is 0 Å². The number of nitrogens with zero attached hydrogens (tertiary/aromatic N) is 1. The number of carbonyl (C=O) groups is 2. The van der Waals surface area contributed by atoms with Crippen LogP contribution in [0, 0.1) is 0 Å². The monoisotopic (exact) mass is 393 g/mol. The molecule has 1 spiro atoms. The second kappa shape index (κ2) is 6.24. The number of aromatic hydroxyl groups is 1. The van der Waals surface area contributed by atoms with E-state index < -0.39 is 5.41 Å². The number of phenols is 1. The third-order valence-electron chi connectivity index (χ3n) is 4.89. The number of hydrogen-bond acceptors (Lipinski definition) is 4. The Kier molecular flexibility index (Phi) is 4.42. The number of amides is 1. The Morgan fingerprint density at radius 3 is 2.92 bits per heavy atom. The molecule has 0 radical (unpaired) electrons. The minimum absolute atomic E-state index is 0.0278. The molecule has 1 N–H and O–H groups in total. The molecule has 24 heavy (non-hydrogen) atoms. The molecule has 0 aromatic heterocycles. The van der Waals surface area contributed by atoms with Crippen LogP contribution in [0.3, 0.4) is 0 Å². The maximum absolute atomic E-state index is 11.8. The number of phenolic OH excluding ortho intramolecular Hbond substituents is 1. The molecule has 1 amide bonds. The SMILES string of the molecule is CC.O=CN1CCC23C=CC(=O)CC2Oc2c(O)cc(Br)c(c23)C1. The maximum Gasteiger partial charge on any atom is 0.210 e. The lowest BCUT2D eigenvalue weighted by Crippen LogP contribution is -2.41. The van der Waals surface area contributed by atoms with E-state index in [9.17, 15) is 14.7 Å². The van der Waals surface area contributed by atoms with Gasteiger partial charge in [0.1, 0.15) is 6.10 Å². The van der Waals surface area contributed by atoms with Crippen LogP contribution < -0.4 is 4.74 Å². The Labute approximate surface area is 149 Å². The molecular weight excluding hydrogens is 374 g/mol. The van der Waals surface area contributed by atoms with Crippen molar-refractivity contribution in [1.29, 1.82) is 0 Å². The molecule has 4 rings (SSSR count). The maximum atomic E-state index is 11.8. The van der Waals surface area contributed by atoms with Crippen LogP contribution in [-0.2, 0) is 21.5 Å². The van der Waals surface area contributed by atoms with Crippen molar-refractivity contribution in [2.45, 2.75) is 44.8 Å². The average molecular weight is 394 g/mol. The Morgan fingerprint density at radius 2 is 2.21 bits per heavy atom. The van der Waals surface area contributed by atoms with E-state index in [0.29, 0.717) is 31.7 Å². The first-order valence-corrected chi connectivity index (χ1v) is 8.97. The van der Waals surface area contributed by atoms with Crippen LogP contribution in [0.2, 0.25) is 0 Å². The zero-order valence-electron chi connectivity index (χ0n) is 13.7. The van der Waals surface area contributed by atoms with Crippen LogP contribution in [-0.4, -0.2) is 34.8 Å². The highest BCUT2D eigenvalue weighted by Crippen LogP contribution is 2.56. The van der Waals surface area contributed by atoms with Gasteiger partial charge in [0.05, 0.1) is 5.41 Å². The van der Waals surface area contributed by atoms with Crippen LogP contribution in [0.1, 0.15) is 37.8 Å². The minimum Gasteiger partial charge on any atom is -0.504 e. The van der Waals surface area contributed by atoms with Crippen LogP contribution in [0.5, 0.6) is 11.5 Å². The summed E-state index contributed by atoms with van der Waals surface area (Å²) in [4.78, 5) is 24.8. The van der Waals surface area contributed by atoms with E-state index in [2.05, 4.69) is 15.9 Å². The lowest BCUT2D eigenvalue weighted by Gasteiger charge is -2.33. The summed E-state index contributed by atoms with van der Waals surface area (Å²) in [5.41, 5.74) is 1.41.